The minimum absolute atomic E-state index is 0.253. The number of carbonyl (C=O) groups is 1. The molecule has 0 aliphatic carbocycles. The first-order valence-corrected chi connectivity index (χ1v) is 10.4. The maximum Gasteiger partial charge on any atom is 0.410 e. The minimum Gasteiger partial charge on any atom is -0.444 e. The topological polar surface area (TPSA) is 66.9 Å². The van der Waals surface area contributed by atoms with E-state index in [1.54, 1.807) is 29.5 Å². The number of thiophene rings is 1. The van der Waals surface area contributed by atoms with E-state index in [1.807, 2.05) is 20.8 Å². The Labute approximate surface area is 148 Å². The largest absolute Gasteiger partial charge is 0.444 e. The van der Waals surface area contributed by atoms with Gasteiger partial charge in [0.2, 0.25) is 0 Å². The van der Waals surface area contributed by atoms with Gasteiger partial charge in [0.05, 0.1) is 0 Å². The Morgan fingerprint density at radius 2 is 2.00 bits per heavy atom. The zero-order chi connectivity index (χ0) is 18.0. The molecule has 24 heavy (non-hydrogen) atoms. The third-order valence-corrected chi connectivity index (χ3v) is 7.14. The van der Waals surface area contributed by atoms with Crippen LogP contribution in [0.15, 0.2) is 21.7 Å². The predicted octanol–water partition coefficient (Wildman–Crippen LogP) is 3.02. The first kappa shape index (κ1) is 19.2. The van der Waals surface area contributed by atoms with Gasteiger partial charge in [-0.25, -0.2) is 13.2 Å². The van der Waals surface area contributed by atoms with Crippen molar-refractivity contribution in [2.24, 2.45) is 5.92 Å². The number of likely N-dealkylation sites (tertiary alicyclic amines) is 1. The van der Waals surface area contributed by atoms with Crippen LogP contribution in [0.25, 0.3) is 0 Å². The van der Waals surface area contributed by atoms with Gasteiger partial charge < -0.3 is 9.64 Å². The average molecular weight is 375 g/mol. The molecule has 2 rings (SSSR count). The van der Waals surface area contributed by atoms with Crippen LogP contribution in [0.5, 0.6) is 0 Å². The molecule has 0 aromatic carbocycles. The highest BCUT2D eigenvalue weighted by Crippen LogP contribution is 2.24. The van der Waals surface area contributed by atoms with E-state index in [2.05, 4.69) is 0 Å². The fourth-order valence-corrected chi connectivity index (χ4v) is 5.10. The van der Waals surface area contributed by atoms with Crippen molar-refractivity contribution < 1.29 is 17.9 Å². The number of nitrogens with zero attached hydrogens (tertiary/aromatic N) is 2. The third kappa shape index (κ3) is 4.94. The lowest BCUT2D eigenvalue weighted by Crippen LogP contribution is -2.43. The van der Waals surface area contributed by atoms with Gasteiger partial charge >= 0.3 is 6.09 Å². The maximum absolute atomic E-state index is 12.4. The molecular weight excluding hydrogens is 348 g/mol. The van der Waals surface area contributed by atoms with Crippen molar-refractivity contribution in [3.63, 3.8) is 0 Å². The minimum atomic E-state index is -3.40. The normalized spacial score (nSPS) is 17.3. The van der Waals surface area contributed by atoms with Crippen LogP contribution in [0, 0.1) is 5.92 Å². The molecule has 0 unspecified atom stereocenters. The van der Waals surface area contributed by atoms with E-state index < -0.39 is 15.6 Å². The van der Waals surface area contributed by atoms with E-state index in [0.717, 1.165) is 12.8 Å². The Balaban J connectivity index is 1.86. The van der Waals surface area contributed by atoms with Crippen molar-refractivity contribution in [1.82, 2.24) is 9.21 Å². The molecule has 1 aromatic rings. The molecule has 0 spiro atoms. The van der Waals surface area contributed by atoms with Gasteiger partial charge in [0, 0.05) is 26.7 Å². The summed E-state index contributed by atoms with van der Waals surface area (Å²) in [6, 6.07) is 3.37. The average Bonchev–Trinajstić information content (AvgIpc) is 3.01. The molecule has 8 heteroatoms. The molecule has 0 N–H and O–H groups in total. The van der Waals surface area contributed by atoms with E-state index >= 15 is 0 Å². The molecule has 0 atom stereocenters. The highest BCUT2D eigenvalue weighted by Gasteiger charge is 2.30. The summed E-state index contributed by atoms with van der Waals surface area (Å²) in [4.78, 5) is 13.8. The number of hydrogen-bond donors (Lipinski definition) is 0. The molecule has 1 saturated heterocycles. The third-order valence-electron chi connectivity index (χ3n) is 3.94. The first-order chi connectivity index (χ1) is 11.1. The van der Waals surface area contributed by atoms with E-state index in [9.17, 15) is 13.2 Å². The van der Waals surface area contributed by atoms with E-state index in [0.29, 0.717) is 23.8 Å². The van der Waals surface area contributed by atoms with Crippen LogP contribution in [-0.4, -0.2) is 56.0 Å². The second kappa shape index (κ2) is 7.41. The summed E-state index contributed by atoms with van der Waals surface area (Å²) >= 11 is 1.23. The number of piperidine rings is 1. The standard InChI is InChI=1S/C16H26N2O4S2/c1-16(2,3)22-15(19)18-9-7-13(8-10-18)12-17(4)24(20,21)14-6-5-11-23-14/h5-6,11,13H,7-10,12H2,1-4H3. The van der Waals surface area contributed by atoms with E-state index in [4.69, 9.17) is 4.74 Å². The smallest absolute Gasteiger partial charge is 0.410 e. The fourth-order valence-electron chi connectivity index (χ4n) is 2.65. The van der Waals surface area contributed by atoms with Crippen molar-refractivity contribution in [2.75, 3.05) is 26.7 Å². The lowest BCUT2D eigenvalue weighted by molar-refractivity contribution is 0.0179. The van der Waals surface area contributed by atoms with Crippen molar-refractivity contribution in [1.29, 1.82) is 0 Å². The van der Waals surface area contributed by atoms with Gasteiger partial charge in [-0.1, -0.05) is 6.07 Å². The zero-order valence-electron chi connectivity index (χ0n) is 14.7. The Bertz CT molecular complexity index is 642. The van der Waals surface area contributed by atoms with E-state index in [1.165, 1.54) is 15.6 Å². The van der Waals surface area contributed by atoms with Gasteiger partial charge in [0.1, 0.15) is 9.81 Å². The summed E-state index contributed by atoms with van der Waals surface area (Å²) in [5, 5.41) is 1.76. The van der Waals surface area contributed by atoms with Crippen LogP contribution >= 0.6 is 11.3 Å². The summed E-state index contributed by atoms with van der Waals surface area (Å²) in [5.41, 5.74) is -0.497. The zero-order valence-corrected chi connectivity index (χ0v) is 16.3. The van der Waals surface area contributed by atoms with Crippen LogP contribution < -0.4 is 0 Å². The quantitative estimate of drug-likeness (QED) is 0.812. The number of hydrogen-bond acceptors (Lipinski definition) is 5. The van der Waals surface area contributed by atoms with Crippen LogP contribution in [0.2, 0.25) is 0 Å². The van der Waals surface area contributed by atoms with Gasteiger partial charge in [-0.2, -0.15) is 4.31 Å². The molecule has 0 bridgehead atoms. The fraction of sp³-hybridized carbons (Fsp3) is 0.688. The molecule has 1 amide bonds. The molecular formula is C16H26N2O4S2. The Morgan fingerprint density at radius 3 is 2.50 bits per heavy atom. The summed E-state index contributed by atoms with van der Waals surface area (Å²) in [6.07, 6.45) is 1.27. The molecule has 1 aromatic heterocycles. The number of carbonyl (C=O) groups excluding carboxylic acids is 1. The number of ether oxygens (including phenoxy) is 1. The monoisotopic (exact) mass is 374 g/mol. The van der Waals surface area contributed by atoms with Crippen molar-refractivity contribution >= 4 is 27.5 Å². The Morgan fingerprint density at radius 1 is 1.38 bits per heavy atom. The summed E-state index contributed by atoms with van der Waals surface area (Å²) in [6.45, 7) is 7.23. The van der Waals surface area contributed by atoms with Crippen molar-refractivity contribution in [3.8, 4) is 0 Å². The summed E-state index contributed by atoms with van der Waals surface area (Å²) in [7, 11) is -1.78. The summed E-state index contributed by atoms with van der Waals surface area (Å²) in [5.74, 6) is 0.253. The molecule has 1 aliphatic heterocycles. The van der Waals surface area contributed by atoms with E-state index in [-0.39, 0.29) is 12.0 Å². The molecule has 0 radical (unpaired) electrons. The van der Waals surface area contributed by atoms with Crippen molar-refractivity contribution in [2.45, 2.75) is 43.4 Å². The van der Waals surface area contributed by atoms with Gasteiger partial charge in [-0.15, -0.1) is 11.3 Å². The summed E-state index contributed by atoms with van der Waals surface area (Å²) < 4.78 is 32.1. The van der Waals surface area contributed by atoms with Crippen LogP contribution in [0.1, 0.15) is 33.6 Å². The Kier molecular flexibility index (Phi) is 5.93. The molecule has 6 nitrogen and oxygen atoms in total. The molecule has 0 saturated carbocycles. The van der Waals surface area contributed by atoms with Crippen LogP contribution in [-0.2, 0) is 14.8 Å². The molecule has 2 heterocycles. The molecule has 1 aliphatic rings. The van der Waals surface area contributed by atoms with Crippen molar-refractivity contribution in [3.05, 3.63) is 17.5 Å². The van der Waals surface area contributed by atoms with Gasteiger partial charge in [-0.3, -0.25) is 0 Å². The van der Waals surface area contributed by atoms with Gasteiger partial charge in [-0.05, 0) is 51.0 Å². The second-order valence-corrected chi connectivity index (χ2v) is 10.3. The van der Waals surface area contributed by atoms with Crippen LogP contribution in [0.4, 0.5) is 4.79 Å². The number of sulfonamides is 1. The predicted molar refractivity (Wildman–Crippen MR) is 94.7 cm³/mol. The lowest BCUT2D eigenvalue weighted by atomic mass is 9.97. The second-order valence-electron chi connectivity index (χ2n) is 7.13. The lowest BCUT2D eigenvalue weighted by Gasteiger charge is -2.34. The van der Waals surface area contributed by atoms with Gasteiger partial charge in [0.25, 0.3) is 10.0 Å². The Hall–Kier alpha value is -1.12. The molecule has 1 fully saturated rings. The number of amides is 1. The highest BCUT2D eigenvalue weighted by atomic mass is 32.2. The highest BCUT2D eigenvalue weighted by molar-refractivity contribution is 7.91. The maximum atomic E-state index is 12.4. The molecule has 136 valence electrons. The van der Waals surface area contributed by atoms with Crippen LogP contribution in [0.3, 0.4) is 0 Å². The first-order valence-electron chi connectivity index (χ1n) is 8.07. The van der Waals surface area contributed by atoms with Gasteiger partial charge in [0.15, 0.2) is 0 Å². The number of rotatable bonds is 4. The SMILES string of the molecule is CN(CC1CCN(C(=O)OC(C)(C)C)CC1)S(=O)(=O)c1cccs1.